The lowest BCUT2D eigenvalue weighted by atomic mass is 9.99. The average molecular weight is 246 g/mol. The van der Waals surface area contributed by atoms with Gasteiger partial charge < -0.3 is 9.47 Å². The van der Waals surface area contributed by atoms with Gasteiger partial charge in [-0.1, -0.05) is 0 Å². The molecule has 4 nitrogen and oxygen atoms in total. The second-order valence-corrected chi connectivity index (χ2v) is 4.81. The summed E-state index contributed by atoms with van der Waals surface area (Å²) in [6, 6.07) is 3.44. The first-order valence-electron chi connectivity index (χ1n) is 6.12. The van der Waals surface area contributed by atoms with Gasteiger partial charge in [-0.15, -0.1) is 0 Å². The van der Waals surface area contributed by atoms with Crippen molar-refractivity contribution >= 4 is 11.6 Å². The van der Waals surface area contributed by atoms with E-state index in [4.69, 9.17) is 9.47 Å². The van der Waals surface area contributed by atoms with Crippen LogP contribution in [0.15, 0.2) is 12.1 Å². The number of fused-ring (bicyclic) bond motifs is 1. The zero-order valence-corrected chi connectivity index (χ0v) is 10.2. The van der Waals surface area contributed by atoms with Crippen LogP contribution in [0, 0.1) is 12.8 Å². The van der Waals surface area contributed by atoms with Crippen LogP contribution in [0.1, 0.15) is 35.2 Å². The molecule has 0 N–H and O–H groups in total. The van der Waals surface area contributed by atoms with Crippen LogP contribution in [-0.4, -0.2) is 18.4 Å². The summed E-state index contributed by atoms with van der Waals surface area (Å²) >= 11 is 0. The molecule has 0 atom stereocenters. The van der Waals surface area contributed by atoms with Crippen molar-refractivity contribution in [3.05, 3.63) is 23.3 Å². The lowest BCUT2D eigenvalue weighted by Crippen LogP contribution is -2.11. The van der Waals surface area contributed by atoms with E-state index in [1.54, 1.807) is 12.1 Å². The van der Waals surface area contributed by atoms with Crippen molar-refractivity contribution in [3.8, 4) is 11.5 Å². The number of carbonyl (C=O) groups excluding carboxylic acids is 2. The van der Waals surface area contributed by atoms with Crippen LogP contribution < -0.4 is 9.47 Å². The second kappa shape index (κ2) is 4.12. The highest BCUT2D eigenvalue weighted by atomic mass is 16.7. The zero-order valence-electron chi connectivity index (χ0n) is 10.2. The summed E-state index contributed by atoms with van der Waals surface area (Å²) in [6.07, 6.45) is 1.88. The molecule has 1 aromatic rings. The Morgan fingerprint density at radius 1 is 1.28 bits per heavy atom. The number of ketones is 2. The maximum Gasteiger partial charge on any atom is 0.231 e. The number of benzene rings is 1. The van der Waals surface area contributed by atoms with E-state index in [1.165, 1.54) is 0 Å². The molecular weight excluding hydrogens is 232 g/mol. The van der Waals surface area contributed by atoms with Gasteiger partial charge in [0.15, 0.2) is 17.3 Å². The summed E-state index contributed by atoms with van der Waals surface area (Å²) in [6.45, 7) is 2.01. The SMILES string of the molecule is Cc1c(C(=O)CC(=O)C2CC2)ccc2c1OCO2. The highest BCUT2D eigenvalue weighted by molar-refractivity contribution is 6.10. The topological polar surface area (TPSA) is 52.6 Å². The van der Waals surface area contributed by atoms with Gasteiger partial charge in [-0.3, -0.25) is 9.59 Å². The molecule has 1 aliphatic heterocycles. The molecule has 1 aliphatic carbocycles. The largest absolute Gasteiger partial charge is 0.454 e. The Balaban J connectivity index is 1.83. The minimum Gasteiger partial charge on any atom is -0.454 e. The number of hydrogen-bond acceptors (Lipinski definition) is 4. The molecule has 0 radical (unpaired) electrons. The summed E-state index contributed by atoms with van der Waals surface area (Å²) in [5, 5.41) is 0. The number of Topliss-reactive ketones (excluding diaryl/α,β-unsaturated/α-hetero) is 2. The van der Waals surface area contributed by atoms with E-state index >= 15 is 0 Å². The van der Waals surface area contributed by atoms with Gasteiger partial charge in [0, 0.05) is 17.0 Å². The molecule has 2 aliphatic rings. The van der Waals surface area contributed by atoms with Crippen molar-refractivity contribution in [1.29, 1.82) is 0 Å². The van der Waals surface area contributed by atoms with Gasteiger partial charge in [0.1, 0.15) is 5.78 Å². The van der Waals surface area contributed by atoms with Gasteiger partial charge in [0.2, 0.25) is 6.79 Å². The van der Waals surface area contributed by atoms with Crippen molar-refractivity contribution in [2.45, 2.75) is 26.2 Å². The van der Waals surface area contributed by atoms with Crippen LogP contribution in [0.2, 0.25) is 0 Å². The lowest BCUT2D eigenvalue weighted by molar-refractivity contribution is -0.119. The molecule has 1 aromatic carbocycles. The maximum atomic E-state index is 12.1. The summed E-state index contributed by atoms with van der Waals surface area (Å²) in [5.41, 5.74) is 1.33. The van der Waals surface area contributed by atoms with E-state index in [9.17, 15) is 9.59 Å². The Labute approximate surface area is 105 Å². The van der Waals surface area contributed by atoms with Gasteiger partial charge in [-0.2, -0.15) is 0 Å². The number of carbonyl (C=O) groups is 2. The Kier molecular flexibility index (Phi) is 2.58. The number of rotatable bonds is 4. The molecule has 0 unspecified atom stereocenters. The van der Waals surface area contributed by atoms with E-state index in [0.29, 0.717) is 17.1 Å². The van der Waals surface area contributed by atoms with E-state index in [0.717, 1.165) is 18.4 Å². The Morgan fingerprint density at radius 2 is 2.06 bits per heavy atom. The molecule has 4 heteroatoms. The molecule has 3 rings (SSSR count). The van der Waals surface area contributed by atoms with Gasteiger partial charge in [-0.25, -0.2) is 0 Å². The molecule has 0 spiro atoms. The normalized spacial score (nSPS) is 16.7. The molecule has 0 saturated heterocycles. The van der Waals surface area contributed by atoms with Crippen LogP contribution in [-0.2, 0) is 4.79 Å². The van der Waals surface area contributed by atoms with E-state index in [2.05, 4.69) is 0 Å². The van der Waals surface area contributed by atoms with Gasteiger partial charge in [0.25, 0.3) is 0 Å². The molecule has 0 aromatic heterocycles. The molecule has 1 fully saturated rings. The highest BCUT2D eigenvalue weighted by Crippen LogP contribution is 2.37. The van der Waals surface area contributed by atoms with E-state index in [-0.39, 0.29) is 30.7 Å². The zero-order chi connectivity index (χ0) is 12.7. The molecule has 94 valence electrons. The van der Waals surface area contributed by atoms with Crippen LogP contribution in [0.5, 0.6) is 11.5 Å². The van der Waals surface area contributed by atoms with Crippen LogP contribution in [0.4, 0.5) is 0 Å². The maximum absolute atomic E-state index is 12.1. The molecule has 18 heavy (non-hydrogen) atoms. The Morgan fingerprint density at radius 3 is 2.78 bits per heavy atom. The quantitative estimate of drug-likeness (QED) is 0.604. The fourth-order valence-electron chi connectivity index (χ4n) is 2.22. The molecule has 1 heterocycles. The second-order valence-electron chi connectivity index (χ2n) is 4.81. The molecular formula is C14H14O4. The third-order valence-electron chi connectivity index (χ3n) is 3.46. The minimum absolute atomic E-state index is 0.00511. The van der Waals surface area contributed by atoms with Crippen LogP contribution in [0.3, 0.4) is 0 Å². The smallest absolute Gasteiger partial charge is 0.231 e. The molecule has 0 amide bonds. The fraction of sp³-hybridized carbons (Fsp3) is 0.429. The fourth-order valence-corrected chi connectivity index (χ4v) is 2.22. The van der Waals surface area contributed by atoms with E-state index in [1.807, 2.05) is 6.92 Å². The first-order valence-corrected chi connectivity index (χ1v) is 6.12. The van der Waals surface area contributed by atoms with Gasteiger partial charge in [-0.05, 0) is 31.9 Å². The summed E-state index contributed by atoms with van der Waals surface area (Å²) in [4.78, 5) is 23.7. The van der Waals surface area contributed by atoms with E-state index < -0.39 is 0 Å². The molecule has 0 bridgehead atoms. The third kappa shape index (κ3) is 1.88. The summed E-state index contributed by atoms with van der Waals surface area (Å²) < 4.78 is 10.6. The first kappa shape index (κ1) is 11.3. The Hall–Kier alpha value is -1.84. The van der Waals surface area contributed by atoms with Crippen molar-refractivity contribution in [3.63, 3.8) is 0 Å². The predicted octanol–water partition coefficient (Wildman–Crippen LogP) is 2.28. The number of ether oxygens (including phenoxy) is 2. The summed E-state index contributed by atoms with van der Waals surface area (Å²) in [5.74, 6) is 1.36. The predicted molar refractivity (Wildman–Crippen MR) is 64.0 cm³/mol. The standard InChI is InChI=1S/C14H14O4/c1-8-10(4-5-13-14(8)18-7-17-13)12(16)6-11(15)9-2-3-9/h4-5,9H,2-3,6-7H2,1H3. The monoisotopic (exact) mass is 246 g/mol. The average Bonchev–Trinajstić information content (AvgIpc) is 3.08. The molecule has 1 saturated carbocycles. The highest BCUT2D eigenvalue weighted by Gasteiger charge is 2.31. The lowest BCUT2D eigenvalue weighted by Gasteiger charge is -2.07. The number of hydrogen-bond donors (Lipinski definition) is 0. The van der Waals surface area contributed by atoms with Crippen molar-refractivity contribution in [1.82, 2.24) is 0 Å². The van der Waals surface area contributed by atoms with Gasteiger partial charge in [0.05, 0.1) is 6.42 Å². The van der Waals surface area contributed by atoms with Gasteiger partial charge >= 0.3 is 0 Å². The van der Waals surface area contributed by atoms with Crippen LogP contribution in [0.25, 0.3) is 0 Å². The first-order chi connectivity index (χ1) is 8.66. The van der Waals surface area contributed by atoms with Crippen LogP contribution >= 0.6 is 0 Å². The Bertz CT molecular complexity index is 529. The minimum atomic E-state index is -0.122. The van der Waals surface area contributed by atoms with Crippen molar-refractivity contribution < 1.29 is 19.1 Å². The third-order valence-corrected chi connectivity index (χ3v) is 3.46. The van der Waals surface area contributed by atoms with Crippen molar-refractivity contribution in [2.24, 2.45) is 5.92 Å². The summed E-state index contributed by atoms with van der Waals surface area (Å²) in [7, 11) is 0. The van der Waals surface area contributed by atoms with Crippen molar-refractivity contribution in [2.75, 3.05) is 6.79 Å².